The number of rotatable bonds is 5. The average molecular weight is 314 g/mol. The minimum absolute atomic E-state index is 0.143. The van der Waals surface area contributed by atoms with Gasteiger partial charge in [0.15, 0.2) is 11.5 Å². The molecule has 0 aliphatic heterocycles. The van der Waals surface area contributed by atoms with Crippen LogP contribution in [0.1, 0.15) is 50.7 Å². The van der Waals surface area contributed by atoms with E-state index in [1.165, 1.54) is 11.1 Å². The largest absolute Gasteiger partial charge is 0.504 e. The van der Waals surface area contributed by atoms with Gasteiger partial charge in [0.05, 0.1) is 12.8 Å². The van der Waals surface area contributed by atoms with Gasteiger partial charge in [-0.05, 0) is 58.4 Å². The quantitative estimate of drug-likeness (QED) is 0.557. The summed E-state index contributed by atoms with van der Waals surface area (Å²) in [7, 11) is 1.55. The van der Waals surface area contributed by atoms with Crippen molar-refractivity contribution < 1.29 is 9.84 Å². The number of methoxy groups -OCH3 is 1. The molecule has 0 heterocycles. The number of anilines is 1. The van der Waals surface area contributed by atoms with Crippen LogP contribution in [0.5, 0.6) is 11.5 Å². The number of nitrogens with two attached hydrogens (primary N) is 1. The SMILES string of the molecule is COc1cc(-c2cc(C(C)C)c(NN)c(C(C)C)c2)ccc1O. The first-order valence-electron chi connectivity index (χ1n) is 7.90. The maximum atomic E-state index is 9.80. The van der Waals surface area contributed by atoms with Gasteiger partial charge in [0.1, 0.15) is 0 Å². The molecular formula is C19H26N2O2. The molecule has 0 bridgehead atoms. The zero-order valence-corrected chi connectivity index (χ0v) is 14.5. The van der Waals surface area contributed by atoms with E-state index >= 15 is 0 Å². The van der Waals surface area contributed by atoms with Crippen molar-refractivity contribution in [2.24, 2.45) is 5.84 Å². The predicted octanol–water partition coefficient (Wildman–Crippen LogP) is 4.60. The molecule has 0 aliphatic rings. The lowest BCUT2D eigenvalue weighted by atomic mass is 9.88. The van der Waals surface area contributed by atoms with Gasteiger partial charge in [-0.3, -0.25) is 5.84 Å². The second kappa shape index (κ2) is 6.92. The van der Waals surface area contributed by atoms with Crippen molar-refractivity contribution in [1.82, 2.24) is 0 Å². The molecule has 2 aromatic rings. The topological polar surface area (TPSA) is 67.5 Å². The number of aromatic hydroxyl groups is 1. The highest BCUT2D eigenvalue weighted by Gasteiger charge is 2.16. The highest BCUT2D eigenvalue weighted by atomic mass is 16.5. The first-order valence-corrected chi connectivity index (χ1v) is 7.90. The van der Waals surface area contributed by atoms with Crippen molar-refractivity contribution in [2.75, 3.05) is 12.5 Å². The molecule has 0 spiro atoms. The Morgan fingerprint density at radius 3 is 1.96 bits per heavy atom. The van der Waals surface area contributed by atoms with E-state index in [9.17, 15) is 5.11 Å². The molecule has 0 fully saturated rings. The van der Waals surface area contributed by atoms with E-state index < -0.39 is 0 Å². The van der Waals surface area contributed by atoms with Gasteiger partial charge in [-0.15, -0.1) is 0 Å². The second-order valence-corrected chi connectivity index (χ2v) is 6.37. The van der Waals surface area contributed by atoms with Crippen LogP contribution in [0.15, 0.2) is 30.3 Å². The highest BCUT2D eigenvalue weighted by Crippen LogP contribution is 2.38. The maximum absolute atomic E-state index is 9.80. The van der Waals surface area contributed by atoms with Crippen LogP contribution in [0.2, 0.25) is 0 Å². The molecule has 4 heteroatoms. The van der Waals surface area contributed by atoms with E-state index in [4.69, 9.17) is 10.6 Å². The summed E-state index contributed by atoms with van der Waals surface area (Å²) < 4.78 is 5.23. The van der Waals surface area contributed by atoms with E-state index in [-0.39, 0.29) is 5.75 Å². The Bertz CT molecular complexity index is 665. The lowest BCUT2D eigenvalue weighted by Gasteiger charge is -2.21. The van der Waals surface area contributed by atoms with Crippen molar-refractivity contribution in [1.29, 1.82) is 0 Å². The minimum Gasteiger partial charge on any atom is -0.504 e. The molecule has 0 aliphatic carbocycles. The Kier molecular flexibility index (Phi) is 5.16. The number of nitrogen functional groups attached to an aromatic ring is 1. The van der Waals surface area contributed by atoms with E-state index in [0.717, 1.165) is 16.8 Å². The standard InChI is InChI=1S/C19H26N2O2/c1-11(2)15-8-14(9-16(12(3)4)19(15)21-20)13-6-7-17(22)18(10-13)23-5/h6-12,21-22H,20H2,1-5H3. The molecule has 0 amide bonds. The fourth-order valence-corrected chi connectivity index (χ4v) is 2.79. The number of benzene rings is 2. The molecule has 2 rings (SSSR count). The van der Waals surface area contributed by atoms with Crippen LogP contribution >= 0.6 is 0 Å². The van der Waals surface area contributed by atoms with E-state index in [0.29, 0.717) is 17.6 Å². The van der Waals surface area contributed by atoms with Gasteiger partial charge in [0.2, 0.25) is 0 Å². The van der Waals surface area contributed by atoms with E-state index in [1.807, 2.05) is 12.1 Å². The third-order valence-electron chi connectivity index (χ3n) is 4.10. The molecule has 4 nitrogen and oxygen atoms in total. The molecule has 4 N–H and O–H groups in total. The molecule has 124 valence electrons. The van der Waals surface area contributed by atoms with Gasteiger partial charge in [-0.2, -0.15) is 0 Å². The first-order chi connectivity index (χ1) is 10.9. The number of ether oxygens (including phenoxy) is 1. The van der Waals surface area contributed by atoms with Crippen LogP contribution in [0.3, 0.4) is 0 Å². The summed E-state index contributed by atoms with van der Waals surface area (Å²) in [5.74, 6) is 7.08. The molecule has 0 atom stereocenters. The monoisotopic (exact) mass is 314 g/mol. The third-order valence-corrected chi connectivity index (χ3v) is 4.10. The number of hydrazine groups is 1. The first kappa shape index (κ1) is 17.2. The number of phenols is 1. The maximum Gasteiger partial charge on any atom is 0.161 e. The molecule has 0 aromatic heterocycles. The molecule has 0 saturated heterocycles. The van der Waals surface area contributed by atoms with Crippen molar-refractivity contribution >= 4 is 5.69 Å². The van der Waals surface area contributed by atoms with Crippen LogP contribution in [0.25, 0.3) is 11.1 Å². The van der Waals surface area contributed by atoms with Crippen LogP contribution in [-0.2, 0) is 0 Å². The van der Waals surface area contributed by atoms with Crippen molar-refractivity contribution in [2.45, 2.75) is 39.5 Å². The zero-order valence-electron chi connectivity index (χ0n) is 14.5. The highest BCUT2D eigenvalue weighted by molar-refractivity contribution is 5.74. The summed E-state index contributed by atoms with van der Waals surface area (Å²) in [5.41, 5.74) is 8.34. The summed E-state index contributed by atoms with van der Waals surface area (Å²) in [6.07, 6.45) is 0. The fourth-order valence-electron chi connectivity index (χ4n) is 2.79. The molecule has 0 radical (unpaired) electrons. The van der Waals surface area contributed by atoms with Crippen molar-refractivity contribution in [3.05, 3.63) is 41.5 Å². The Morgan fingerprint density at radius 2 is 1.52 bits per heavy atom. The van der Waals surface area contributed by atoms with E-state index in [2.05, 4.69) is 45.3 Å². The molecule has 0 unspecified atom stereocenters. The van der Waals surface area contributed by atoms with Gasteiger partial charge in [-0.25, -0.2) is 0 Å². The Morgan fingerprint density at radius 1 is 0.957 bits per heavy atom. The predicted molar refractivity (Wildman–Crippen MR) is 96.1 cm³/mol. The Hall–Kier alpha value is -2.20. The summed E-state index contributed by atoms with van der Waals surface area (Å²) >= 11 is 0. The van der Waals surface area contributed by atoms with Crippen LogP contribution in [-0.4, -0.2) is 12.2 Å². The third kappa shape index (κ3) is 3.42. The number of hydrogen-bond acceptors (Lipinski definition) is 4. The second-order valence-electron chi connectivity index (χ2n) is 6.37. The van der Waals surface area contributed by atoms with Gasteiger partial charge >= 0.3 is 0 Å². The number of hydrogen-bond donors (Lipinski definition) is 3. The van der Waals surface area contributed by atoms with Gasteiger partial charge < -0.3 is 15.3 Å². The Labute approximate surface area is 138 Å². The summed E-state index contributed by atoms with van der Waals surface area (Å²) in [4.78, 5) is 0. The van der Waals surface area contributed by atoms with E-state index in [1.54, 1.807) is 13.2 Å². The molecule has 0 saturated carbocycles. The van der Waals surface area contributed by atoms with Crippen LogP contribution in [0, 0.1) is 0 Å². The number of phenolic OH excluding ortho intramolecular Hbond substituents is 1. The van der Waals surface area contributed by atoms with Crippen LogP contribution in [0.4, 0.5) is 5.69 Å². The zero-order chi connectivity index (χ0) is 17.1. The average Bonchev–Trinajstić information content (AvgIpc) is 2.53. The lowest BCUT2D eigenvalue weighted by Crippen LogP contribution is -2.13. The van der Waals surface area contributed by atoms with Gasteiger partial charge in [0, 0.05) is 0 Å². The molecule has 23 heavy (non-hydrogen) atoms. The minimum atomic E-state index is 0.143. The summed E-state index contributed by atoms with van der Waals surface area (Å²) in [5, 5.41) is 9.80. The lowest BCUT2D eigenvalue weighted by molar-refractivity contribution is 0.373. The smallest absolute Gasteiger partial charge is 0.161 e. The van der Waals surface area contributed by atoms with Gasteiger partial charge in [-0.1, -0.05) is 33.8 Å². The Balaban J connectivity index is 2.68. The summed E-state index contributed by atoms with van der Waals surface area (Å²) in [6, 6.07) is 9.72. The fraction of sp³-hybridized carbons (Fsp3) is 0.368. The van der Waals surface area contributed by atoms with Crippen LogP contribution < -0.4 is 16.0 Å². The van der Waals surface area contributed by atoms with Crippen molar-refractivity contribution in [3.8, 4) is 22.6 Å². The number of nitrogens with one attached hydrogen (secondary N) is 1. The molecule has 2 aromatic carbocycles. The van der Waals surface area contributed by atoms with Gasteiger partial charge in [0.25, 0.3) is 0 Å². The van der Waals surface area contributed by atoms with Crippen molar-refractivity contribution in [3.63, 3.8) is 0 Å². The normalized spacial score (nSPS) is 11.1. The summed E-state index contributed by atoms with van der Waals surface area (Å²) in [6.45, 7) is 8.62. The molecular weight excluding hydrogens is 288 g/mol.